The van der Waals surface area contributed by atoms with Gasteiger partial charge in [0.2, 0.25) is 5.91 Å². The molecule has 1 heterocycles. The van der Waals surface area contributed by atoms with Gasteiger partial charge in [0.25, 0.3) is 0 Å². The van der Waals surface area contributed by atoms with E-state index < -0.39 is 6.04 Å². The predicted octanol–water partition coefficient (Wildman–Crippen LogP) is 2.63. The summed E-state index contributed by atoms with van der Waals surface area (Å²) in [6, 6.07) is 6.39. The van der Waals surface area contributed by atoms with Gasteiger partial charge in [-0.1, -0.05) is 11.6 Å². The lowest BCUT2D eigenvalue weighted by molar-refractivity contribution is -0.119. The third-order valence-corrected chi connectivity index (χ3v) is 3.02. The molecule has 2 rings (SSSR count). The van der Waals surface area contributed by atoms with Crippen LogP contribution in [0.25, 0.3) is 0 Å². The van der Waals surface area contributed by atoms with E-state index in [9.17, 15) is 4.79 Å². The summed E-state index contributed by atoms with van der Waals surface area (Å²) in [4.78, 5) is 12.1. The highest BCUT2D eigenvalue weighted by atomic mass is 35.5. The Labute approximate surface area is 116 Å². The van der Waals surface area contributed by atoms with E-state index in [-0.39, 0.29) is 5.91 Å². The highest BCUT2D eigenvalue weighted by molar-refractivity contribution is 6.31. The highest BCUT2D eigenvalue weighted by Gasteiger charge is 2.16. The van der Waals surface area contributed by atoms with E-state index in [0.717, 1.165) is 5.69 Å². The van der Waals surface area contributed by atoms with Crippen molar-refractivity contribution in [3.63, 3.8) is 0 Å². The van der Waals surface area contributed by atoms with Crippen molar-refractivity contribution in [3.8, 4) is 0 Å². The van der Waals surface area contributed by atoms with Crippen molar-refractivity contribution in [2.75, 3.05) is 11.1 Å². The number of nitrogens with two attached hydrogens (primary N) is 1. The van der Waals surface area contributed by atoms with E-state index in [2.05, 4.69) is 10.4 Å². The van der Waals surface area contributed by atoms with E-state index in [1.54, 1.807) is 36.0 Å². The van der Waals surface area contributed by atoms with Gasteiger partial charge in [-0.3, -0.25) is 9.48 Å². The Morgan fingerprint density at radius 3 is 2.79 bits per heavy atom. The third-order valence-electron chi connectivity index (χ3n) is 2.79. The molecule has 0 aliphatic carbocycles. The van der Waals surface area contributed by atoms with Crippen LogP contribution in [0.15, 0.2) is 30.5 Å². The Morgan fingerprint density at radius 1 is 1.47 bits per heavy atom. The number of carbonyl (C=O) groups is 1. The number of halogens is 1. The highest BCUT2D eigenvalue weighted by Crippen LogP contribution is 2.23. The first-order valence-electron chi connectivity index (χ1n) is 5.85. The van der Waals surface area contributed by atoms with E-state index in [1.165, 1.54) is 0 Å². The van der Waals surface area contributed by atoms with Gasteiger partial charge in [-0.15, -0.1) is 0 Å². The number of aromatic nitrogens is 2. The number of benzene rings is 1. The van der Waals surface area contributed by atoms with Gasteiger partial charge in [0.05, 0.1) is 17.1 Å². The molecule has 19 heavy (non-hydrogen) atoms. The SMILES string of the molecule is Cc1ccn(C(C)C(=O)Nc2ccc(Cl)cc2N)n1. The second-order valence-corrected chi connectivity index (χ2v) is 4.77. The lowest BCUT2D eigenvalue weighted by Gasteiger charge is -2.14. The molecule has 1 unspecified atom stereocenters. The average molecular weight is 279 g/mol. The molecule has 1 amide bonds. The molecule has 3 N–H and O–H groups in total. The first-order chi connectivity index (χ1) is 8.97. The summed E-state index contributed by atoms with van der Waals surface area (Å²) >= 11 is 5.81. The minimum Gasteiger partial charge on any atom is -0.397 e. The predicted molar refractivity (Wildman–Crippen MR) is 76.2 cm³/mol. The van der Waals surface area contributed by atoms with Crippen molar-refractivity contribution in [2.24, 2.45) is 0 Å². The van der Waals surface area contributed by atoms with Crippen LogP contribution < -0.4 is 11.1 Å². The fourth-order valence-corrected chi connectivity index (χ4v) is 1.83. The quantitative estimate of drug-likeness (QED) is 0.848. The second kappa shape index (κ2) is 5.32. The number of anilines is 2. The van der Waals surface area contributed by atoms with Crippen LogP contribution in [-0.2, 0) is 4.79 Å². The summed E-state index contributed by atoms with van der Waals surface area (Å²) in [7, 11) is 0. The van der Waals surface area contributed by atoms with Crippen LogP contribution in [0.5, 0.6) is 0 Å². The number of amides is 1. The molecule has 0 spiro atoms. The minimum atomic E-state index is -0.413. The summed E-state index contributed by atoms with van der Waals surface area (Å²) in [6.45, 7) is 3.65. The first-order valence-corrected chi connectivity index (χ1v) is 6.23. The molecule has 100 valence electrons. The van der Waals surface area contributed by atoms with Gasteiger partial charge in [-0.05, 0) is 38.1 Å². The number of hydrogen-bond acceptors (Lipinski definition) is 3. The van der Waals surface area contributed by atoms with Crippen LogP contribution in [0.3, 0.4) is 0 Å². The number of nitrogen functional groups attached to an aromatic ring is 1. The Morgan fingerprint density at radius 2 is 2.21 bits per heavy atom. The van der Waals surface area contributed by atoms with Crippen molar-refractivity contribution in [1.29, 1.82) is 0 Å². The van der Waals surface area contributed by atoms with Gasteiger partial charge < -0.3 is 11.1 Å². The fraction of sp³-hybridized carbons (Fsp3) is 0.231. The van der Waals surface area contributed by atoms with E-state index in [1.807, 2.05) is 13.0 Å². The maximum absolute atomic E-state index is 12.1. The minimum absolute atomic E-state index is 0.183. The number of carbonyl (C=O) groups excluding carboxylic acids is 1. The third kappa shape index (κ3) is 3.06. The molecule has 6 heteroatoms. The molecular formula is C13H15ClN4O. The maximum Gasteiger partial charge on any atom is 0.249 e. The van der Waals surface area contributed by atoms with Crippen molar-refractivity contribution < 1.29 is 4.79 Å². The van der Waals surface area contributed by atoms with Crippen LogP contribution >= 0.6 is 11.6 Å². The number of nitrogens with zero attached hydrogens (tertiary/aromatic N) is 2. The van der Waals surface area contributed by atoms with Crippen LogP contribution in [-0.4, -0.2) is 15.7 Å². The lowest BCUT2D eigenvalue weighted by atomic mass is 10.2. The molecule has 0 saturated carbocycles. The molecule has 0 aliphatic heterocycles. The topological polar surface area (TPSA) is 72.9 Å². The second-order valence-electron chi connectivity index (χ2n) is 4.33. The molecule has 5 nitrogen and oxygen atoms in total. The molecule has 0 radical (unpaired) electrons. The molecule has 0 bridgehead atoms. The monoisotopic (exact) mass is 278 g/mol. The van der Waals surface area contributed by atoms with Gasteiger partial charge in [0, 0.05) is 11.2 Å². The molecule has 0 aliphatic rings. The van der Waals surface area contributed by atoms with E-state index >= 15 is 0 Å². The number of nitrogens with one attached hydrogen (secondary N) is 1. The van der Waals surface area contributed by atoms with Crippen molar-refractivity contribution in [3.05, 3.63) is 41.2 Å². The molecule has 2 aromatic rings. The summed E-state index contributed by atoms with van der Waals surface area (Å²) in [5.41, 5.74) is 7.64. The van der Waals surface area contributed by atoms with Gasteiger partial charge in [-0.25, -0.2) is 0 Å². The Hall–Kier alpha value is -2.01. The van der Waals surface area contributed by atoms with Crippen LogP contribution in [0.4, 0.5) is 11.4 Å². The summed E-state index contributed by atoms with van der Waals surface area (Å²) < 4.78 is 1.61. The molecule has 1 aromatic carbocycles. The van der Waals surface area contributed by atoms with Crippen LogP contribution in [0, 0.1) is 6.92 Å². The van der Waals surface area contributed by atoms with Crippen molar-refractivity contribution in [2.45, 2.75) is 19.9 Å². The number of hydrogen-bond donors (Lipinski definition) is 2. The number of rotatable bonds is 3. The normalized spacial score (nSPS) is 12.2. The fourth-order valence-electron chi connectivity index (χ4n) is 1.65. The van der Waals surface area contributed by atoms with Crippen molar-refractivity contribution in [1.82, 2.24) is 9.78 Å². The van der Waals surface area contributed by atoms with Gasteiger partial charge in [0.15, 0.2) is 0 Å². The smallest absolute Gasteiger partial charge is 0.249 e. The largest absolute Gasteiger partial charge is 0.397 e. The van der Waals surface area contributed by atoms with E-state index in [4.69, 9.17) is 17.3 Å². The van der Waals surface area contributed by atoms with Crippen molar-refractivity contribution >= 4 is 28.9 Å². The summed E-state index contributed by atoms with van der Waals surface area (Å²) in [5.74, 6) is -0.183. The maximum atomic E-state index is 12.1. The Balaban J connectivity index is 2.12. The summed E-state index contributed by atoms with van der Waals surface area (Å²) in [5, 5.41) is 7.51. The molecular weight excluding hydrogens is 264 g/mol. The molecule has 1 aromatic heterocycles. The number of aryl methyl sites for hydroxylation is 1. The van der Waals surface area contributed by atoms with E-state index in [0.29, 0.717) is 16.4 Å². The average Bonchev–Trinajstić information content (AvgIpc) is 2.78. The first kappa shape index (κ1) is 13.4. The lowest BCUT2D eigenvalue weighted by Crippen LogP contribution is -2.24. The zero-order valence-corrected chi connectivity index (χ0v) is 11.5. The van der Waals surface area contributed by atoms with Crippen LogP contribution in [0.1, 0.15) is 18.7 Å². The van der Waals surface area contributed by atoms with Crippen LogP contribution in [0.2, 0.25) is 5.02 Å². The Bertz CT molecular complexity index is 608. The Kier molecular flexibility index (Phi) is 3.76. The van der Waals surface area contributed by atoms with Gasteiger partial charge in [0.1, 0.15) is 6.04 Å². The zero-order chi connectivity index (χ0) is 14.0. The molecule has 0 fully saturated rings. The zero-order valence-electron chi connectivity index (χ0n) is 10.7. The molecule has 0 saturated heterocycles. The van der Waals surface area contributed by atoms with Gasteiger partial charge in [-0.2, -0.15) is 5.10 Å². The standard InChI is InChI=1S/C13H15ClN4O/c1-8-5-6-18(17-8)9(2)13(19)16-12-4-3-10(14)7-11(12)15/h3-7,9H,15H2,1-2H3,(H,16,19). The van der Waals surface area contributed by atoms with Gasteiger partial charge >= 0.3 is 0 Å². The molecule has 1 atom stereocenters. The summed E-state index contributed by atoms with van der Waals surface area (Å²) in [6.07, 6.45) is 1.77.